The summed E-state index contributed by atoms with van der Waals surface area (Å²) in [6.45, 7) is 8.28. The molecule has 7 heteroatoms. The first-order valence-electron chi connectivity index (χ1n) is 6.84. The van der Waals surface area contributed by atoms with E-state index in [0.717, 1.165) is 17.0 Å². The third-order valence-electron chi connectivity index (χ3n) is 1.66. The summed E-state index contributed by atoms with van der Waals surface area (Å²) in [4.78, 5) is 10.7. The number of hydrogen-bond donors (Lipinski definition) is 2. The van der Waals surface area contributed by atoms with Gasteiger partial charge in [-0.2, -0.15) is 12.6 Å². The zero-order valence-corrected chi connectivity index (χ0v) is 14.1. The molecule has 0 aromatic rings. The van der Waals surface area contributed by atoms with Crippen molar-refractivity contribution in [3.8, 4) is 0 Å². The first-order chi connectivity index (χ1) is 9.43. The van der Waals surface area contributed by atoms with Gasteiger partial charge in [0, 0.05) is 22.0 Å². The highest BCUT2D eigenvalue weighted by Crippen LogP contribution is 1.98. The minimum absolute atomic E-state index is 0.136. The molecule has 0 spiro atoms. The normalized spacial score (nSPS) is 11.1. The molecule has 0 aromatic heterocycles. The van der Waals surface area contributed by atoms with E-state index in [0.29, 0.717) is 5.75 Å². The van der Waals surface area contributed by atoms with E-state index in [1.807, 2.05) is 6.92 Å². The fourth-order valence-corrected chi connectivity index (χ4v) is 1.87. The van der Waals surface area contributed by atoms with E-state index in [9.17, 15) is 13.2 Å². The molecule has 0 aliphatic heterocycles. The monoisotopic (exact) mass is 316 g/mol. The van der Waals surface area contributed by atoms with E-state index in [1.165, 1.54) is 12.5 Å². The molecule has 19 heavy (non-hydrogen) atoms. The summed E-state index contributed by atoms with van der Waals surface area (Å²) in [7, 11) is -1.82. The molecule has 0 radical (unpaired) electrons. The highest BCUT2D eigenvalue weighted by Gasteiger charge is 2.17. The van der Waals surface area contributed by atoms with Crippen molar-refractivity contribution in [3.63, 3.8) is 0 Å². The van der Waals surface area contributed by atoms with E-state index in [4.69, 9.17) is 2.74 Å². The van der Waals surface area contributed by atoms with Crippen LogP contribution < -0.4 is 5.32 Å². The first-order valence-corrected chi connectivity index (χ1v) is 8.17. The lowest BCUT2D eigenvalue weighted by Crippen LogP contribution is -2.35. The maximum Gasteiger partial charge on any atom is 0.234 e. The number of hydrogen-bond acceptors (Lipinski definition) is 5. The maximum atomic E-state index is 10.8. The lowest BCUT2D eigenvalue weighted by atomic mass is 10.3. The van der Waals surface area contributed by atoms with E-state index in [-0.39, 0.29) is 6.54 Å². The Kier molecular flexibility index (Phi) is 13.5. The van der Waals surface area contributed by atoms with Crippen LogP contribution in [-0.4, -0.2) is 51.2 Å². The molecule has 116 valence electrons. The van der Waals surface area contributed by atoms with Crippen molar-refractivity contribution in [1.82, 2.24) is 9.62 Å². The molecule has 0 aliphatic carbocycles. The second-order valence-electron chi connectivity index (χ2n) is 3.68. The highest BCUT2D eigenvalue weighted by atomic mass is 32.2. The minimum Gasteiger partial charge on any atom is -0.323 e. The minimum atomic E-state index is -3.39. The summed E-state index contributed by atoms with van der Waals surface area (Å²) < 4.78 is 35.2. The number of nitrogens with zero attached hydrogens (tertiary/aromatic N) is 1. The topological polar surface area (TPSA) is 66.5 Å². The van der Waals surface area contributed by atoms with Crippen LogP contribution in [0.25, 0.3) is 0 Å². The molecule has 0 aromatic carbocycles. The molecule has 0 heterocycles. The Hall–Kier alpha value is -0.530. The van der Waals surface area contributed by atoms with Crippen LogP contribution in [0.1, 0.15) is 29.9 Å². The average molecular weight is 317 g/mol. The van der Waals surface area contributed by atoms with Crippen molar-refractivity contribution in [2.45, 2.75) is 27.2 Å². The molecular weight excluding hydrogens is 284 g/mol. The molecule has 0 atom stereocenters. The van der Waals surface area contributed by atoms with Crippen LogP contribution >= 0.6 is 12.6 Å². The molecular formula is C12H28N2O3S2. The van der Waals surface area contributed by atoms with Crippen molar-refractivity contribution in [1.29, 1.82) is 0 Å². The van der Waals surface area contributed by atoms with Gasteiger partial charge in [0.15, 0.2) is 0 Å². The third-order valence-corrected chi connectivity index (χ3v) is 3.10. The molecule has 1 amide bonds. The zero-order chi connectivity index (χ0) is 17.6. The average Bonchev–Trinajstić information content (AvgIpc) is 2.35. The number of nitrogens with one attached hydrogen (secondary N) is 1. The van der Waals surface area contributed by atoms with Gasteiger partial charge >= 0.3 is 0 Å². The van der Waals surface area contributed by atoms with Gasteiger partial charge in [-0.25, -0.2) is 12.7 Å². The zero-order valence-electron chi connectivity index (χ0n) is 14.4. The number of carbonyl (C=O) groups is 1. The molecule has 5 nitrogen and oxygen atoms in total. The van der Waals surface area contributed by atoms with Gasteiger partial charge in [0.2, 0.25) is 15.9 Å². The van der Waals surface area contributed by atoms with Crippen molar-refractivity contribution in [2.75, 3.05) is 32.6 Å². The number of thiol groups is 1. The molecule has 0 fully saturated rings. The molecule has 0 rings (SSSR count). The van der Waals surface area contributed by atoms with Crippen LogP contribution in [0.3, 0.4) is 0 Å². The Morgan fingerprint density at radius 3 is 1.89 bits per heavy atom. The number of allylic oxidation sites excluding steroid dienone is 1. The molecule has 1 N–H and O–H groups in total. The Morgan fingerprint density at radius 1 is 1.47 bits per heavy atom. The SMILES string of the molecule is C=C(C)CC.CC(=O)N(CCS)S(C)(=O)=O.[3H]C([3H])NC. The Labute approximate surface area is 126 Å². The first kappa shape index (κ1) is 18.5. The Morgan fingerprint density at radius 2 is 1.84 bits per heavy atom. The predicted octanol–water partition coefficient (Wildman–Crippen LogP) is 1.53. The number of carbonyl (C=O) groups excluding carboxylic acids is 1. The lowest BCUT2D eigenvalue weighted by molar-refractivity contribution is -0.124. The number of rotatable bonds is 4. The molecule has 0 unspecified atom stereocenters. The molecule has 0 aliphatic rings. The van der Waals surface area contributed by atoms with E-state index >= 15 is 0 Å². The Balaban J connectivity index is -0.000000270. The van der Waals surface area contributed by atoms with E-state index < -0.39 is 22.9 Å². The largest absolute Gasteiger partial charge is 0.323 e. The van der Waals surface area contributed by atoms with Crippen molar-refractivity contribution >= 4 is 28.6 Å². The Bertz CT molecular complexity index is 388. The summed E-state index contributed by atoms with van der Waals surface area (Å²) in [5.74, 6) is -0.131. The smallest absolute Gasteiger partial charge is 0.234 e. The molecule has 0 bridgehead atoms. The van der Waals surface area contributed by atoms with Gasteiger partial charge in [0.05, 0.1) is 6.26 Å². The summed E-state index contributed by atoms with van der Waals surface area (Å²) in [6, 6.07) is 0. The highest BCUT2D eigenvalue weighted by molar-refractivity contribution is 7.89. The fourth-order valence-electron chi connectivity index (χ4n) is 0.648. The second-order valence-corrected chi connectivity index (χ2v) is 6.03. The van der Waals surface area contributed by atoms with Crippen LogP contribution in [0.2, 0.25) is 0 Å². The predicted molar refractivity (Wildman–Crippen MR) is 86.2 cm³/mol. The van der Waals surface area contributed by atoms with Crippen LogP contribution in [0, 0.1) is 0 Å². The van der Waals surface area contributed by atoms with Crippen LogP contribution in [-0.2, 0) is 14.8 Å². The van der Waals surface area contributed by atoms with Gasteiger partial charge in [0.1, 0.15) is 0 Å². The van der Waals surface area contributed by atoms with Crippen molar-refractivity contribution in [3.05, 3.63) is 12.2 Å². The van der Waals surface area contributed by atoms with Gasteiger partial charge in [-0.1, -0.05) is 12.5 Å². The van der Waals surface area contributed by atoms with Gasteiger partial charge < -0.3 is 5.32 Å². The van der Waals surface area contributed by atoms with E-state index in [2.05, 4.69) is 31.4 Å². The van der Waals surface area contributed by atoms with E-state index in [1.54, 1.807) is 7.05 Å². The summed E-state index contributed by atoms with van der Waals surface area (Å²) in [5, 5.41) is 2.36. The van der Waals surface area contributed by atoms with Crippen LogP contribution in [0.4, 0.5) is 0 Å². The maximum absolute atomic E-state index is 10.8. The summed E-state index contributed by atoms with van der Waals surface area (Å²) >= 11 is 3.83. The van der Waals surface area contributed by atoms with Crippen molar-refractivity contribution in [2.24, 2.45) is 0 Å². The number of amides is 1. The van der Waals surface area contributed by atoms with Gasteiger partial charge in [-0.3, -0.25) is 4.79 Å². The second kappa shape index (κ2) is 13.9. The van der Waals surface area contributed by atoms with Crippen LogP contribution in [0.5, 0.6) is 0 Å². The van der Waals surface area contributed by atoms with Gasteiger partial charge in [-0.05, 0) is 27.4 Å². The fraction of sp³-hybridized carbons (Fsp3) is 0.750. The summed E-state index contributed by atoms with van der Waals surface area (Å²) in [5.41, 5.74) is 1.25. The quantitative estimate of drug-likeness (QED) is 0.610. The standard InChI is InChI=1S/C5H11NO3S2.C5H10.C2H7N/c1-5(7)6(3-4-10)11(2,8)9;1-4-5(2)3;1-3-2/h10H,3-4H2,1-2H3;2,4H2,1,3H3;3H,1-2H3/i;;1T2. The van der Waals surface area contributed by atoms with Crippen molar-refractivity contribution < 1.29 is 16.0 Å². The van der Waals surface area contributed by atoms with Gasteiger partial charge in [-0.15, -0.1) is 6.58 Å². The number of sulfonamides is 1. The molecule has 0 saturated heterocycles. The van der Waals surface area contributed by atoms with Gasteiger partial charge in [0.25, 0.3) is 0 Å². The summed E-state index contributed by atoms with van der Waals surface area (Å²) in [6.07, 6.45) is 2.11. The van der Waals surface area contributed by atoms with Crippen LogP contribution in [0.15, 0.2) is 12.2 Å². The lowest BCUT2D eigenvalue weighted by Gasteiger charge is -2.16. The molecule has 0 saturated carbocycles. The third kappa shape index (κ3) is 20.0.